The lowest BCUT2D eigenvalue weighted by molar-refractivity contribution is -0.124. The van der Waals surface area contributed by atoms with Crippen molar-refractivity contribution in [2.45, 2.75) is 42.5 Å². The van der Waals surface area contributed by atoms with E-state index in [1.807, 2.05) is 0 Å². The predicted octanol–water partition coefficient (Wildman–Crippen LogP) is -0.963. The number of nitrogens with two attached hydrogens (primary N) is 1. The maximum Gasteiger partial charge on any atom is 0.237 e. The fourth-order valence-electron chi connectivity index (χ4n) is 3.64. The molecule has 0 aromatic carbocycles. The minimum absolute atomic E-state index is 0.0456. The van der Waals surface area contributed by atoms with Crippen LogP contribution in [0, 0.1) is 11.8 Å². The molecule has 106 valence electrons. The van der Waals surface area contributed by atoms with Gasteiger partial charge >= 0.3 is 0 Å². The van der Waals surface area contributed by atoms with Crippen molar-refractivity contribution in [1.82, 2.24) is 16.0 Å². The number of nitrogens with one attached hydrogen (secondary N) is 3. The van der Waals surface area contributed by atoms with E-state index >= 15 is 0 Å². The fourth-order valence-corrected chi connectivity index (χ4v) is 4.36. The Bertz CT molecular complexity index is 405. The van der Waals surface area contributed by atoms with Crippen LogP contribution in [0.1, 0.15) is 19.3 Å². The standard InChI is InChI=1S/C12H19BrN4O2/c13-8-3-6-5(10-7(18)4-9(14)17-10)1-2-15-12(19)11(6)16-8/h5-6,8-11,16-17H,1-4,14H2,(H,15,19). The first-order valence-electron chi connectivity index (χ1n) is 6.78. The Morgan fingerprint density at radius 1 is 1.16 bits per heavy atom. The highest BCUT2D eigenvalue weighted by molar-refractivity contribution is 9.09. The number of carbonyl (C=O) groups excluding carboxylic acids is 2. The molecule has 5 N–H and O–H groups in total. The van der Waals surface area contributed by atoms with Crippen LogP contribution < -0.4 is 21.7 Å². The van der Waals surface area contributed by atoms with Crippen LogP contribution in [-0.4, -0.2) is 41.4 Å². The molecule has 0 aromatic rings. The van der Waals surface area contributed by atoms with Crippen LogP contribution in [-0.2, 0) is 9.59 Å². The third-order valence-electron chi connectivity index (χ3n) is 4.47. The van der Waals surface area contributed by atoms with Gasteiger partial charge in [0, 0.05) is 13.0 Å². The van der Waals surface area contributed by atoms with Crippen molar-refractivity contribution in [3.8, 4) is 0 Å². The first-order chi connectivity index (χ1) is 9.06. The van der Waals surface area contributed by atoms with Gasteiger partial charge in [0.2, 0.25) is 5.91 Å². The molecule has 0 aliphatic carbocycles. The van der Waals surface area contributed by atoms with Crippen molar-refractivity contribution in [1.29, 1.82) is 0 Å². The van der Waals surface area contributed by atoms with E-state index in [1.54, 1.807) is 0 Å². The van der Waals surface area contributed by atoms with Crippen molar-refractivity contribution < 1.29 is 9.59 Å². The van der Waals surface area contributed by atoms with Crippen LogP contribution >= 0.6 is 15.9 Å². The zero-order valence-electron chi connectivity index (χ0n) is 10.6. The summed E-state index contributed by atoms with van der Waals surface area (Å²) < 4.78 is 0. The summed E-state index contributed by atoms with van der Waals surface area (Å²) in [5, 5.41) is 9.37. The third kappa shape index (κ3) is 2.44. The van der Waals surface area contributed by atoms with E-state index < -0.39 is 0 Å². The maximum atomic E-state index is 12.1. The van der Waals surface area contributed by atoms with E-state index in [9.17, 15) is 9.59 Å². The first-order valence-corrected chi connectivity index (χ1v) is 7.70. The molecule has 19 heavy (non-hydrogen) atoms. The van der Waals surface area contributed by atoms with Crippen LogP contribution in [0.25, 0.3) is 0 Å². The number of hydrogen-bond acceptors (Lipinski definition) is 5. The molecule has 3 saturated heterocycles. The average Bonchev–Trinajstić information content (AvgIpc) is 2.84. The van der Waals surface area contributed by atoms with Crippen molar-refractivity contribution >= 4 is 27.6 Å². The zero-order valence-corrected chi connectivity index (χ0v) is 12.2. The first kappa shape index (κ1) is 13.5. The predicted molar refractivity (Wildman–Crippen MR) is 73.4 cm³/mol. The molecule has 3 rings (SSSR count). The molecular formula is C12H19BrN4O2. The van der Waals surface area contributed by atoms with Crippen molar-refractivity contribution in [3.63, 3.8) is 0 Å². The van der Waals surface area contributed by atoms with Crippen molar-refractivity contribution in [2.24, 2.45) is 17.6 Å². The second kappa shape index (κ2) is 5.12. The molecule has 6 nitrogen and oxygen atoms in total. The number of ketones is 1. The second-order valence-corrected chi connectivity index (χ2v) is 6.78. The quantitative estimate of drug-likeness (QED) is 0.367. The highest BCUT2D eigenvalue weighted by atomic mass is 79.9. The Kier molecular flexibility index (Phi) is 3.63. The monoisotopic (exact) mass is 330 g/mol. The Morgan fingerprint density at radius 3 is 2.63 bits per heavy atom. The topological polar surface area (TPSA) is 96.2 Å². The summed E-state index contributed by atoms with van der Waals surface area (Å²) in [6.07, 6.45) is 1.84. The molecule has 3 fully saturated rings. The molecule has 0 spiro atoms. The number of Topliss-reactive ketones (excluding diaryl/α,β-unsaturated/α-hetero) is 1. The summed E-state index contributed by atoms with van der Waals surface area (Å²) >= 11 is 3.52. The van der Waals surface area contributed by atoms with Gasteiger partial charge < -0.3 is 11.1 Å². The highest BCUT2D eigenvalue weighted by Crippen LogP contribution is 2.37. The molecule has 0 aromatic heterocycles. The fraction of sp³-hybridized carbons (Fsp3) is 0.833. The molecule has 1 amide bonds. The molecule has 3 heterocycles. The molecule has 6 atom stereocenters. The van der Waals surface area contributed by atoms with Crippen LogP contribution in [0.2, 0.25) is 0 Å². The largest absolute Gasteiger partial charge is 0.355 e. The van der Waals surface area contributed by atoms with E-state index in [4.69, 9.17) is 5.73 Å². The molecular weight excluding hydrogens is 312 g/mol. The minimum atomic E-state index is -0.239. The molecule has 3 aliphatic rings. The van der Waals surface area contributed by atoms with E-state index in [-0.39, 0.29) is 46.7 Å². The van der Waals surface area contributed by atoms with Gasteiger partial charge in [-0.15, -0.1) is 0 Å². The van der Waals surface area contributed by atoms with Gasteiger partial charge in [-0.25, -0.2) is 0 Å². The number of amides is 1. The van der Waals surface area contributed by atoms with E-state index in [2.05, 4.69) is 31.9 Å². The van der Waals surface area contributed by atoms with Crippen molar-refractivity contribution in [3.05, 3.63) is 0 Å². The van der Waals surface area contributed by atoms with Crippen LogP contribution in [0.5, 0.6) is 0 Å². The Hall–Kier alpha value is -0.500. The van der Waals surface area contributed by atoms with Crippen LogP contribution in [0.4, 0.5) is 0 Å². The smallest absolute Gasteiger partial charge is 0.237 e. The van der Waals surface area contributed by atoms with Gasteiger partial charge in [0.1, 0.15) is 0 Å². The lowest BCUT2D eigenvalue weighted by atomic mass is 9.79. The SMILES string of the molecule is NC1CC(=O)C(C2CCNC(=O)C3NC(Br)CC32)N1. The number of carbonyl (C=O) groups is 2. The van der Waals surface area contributed by atoms with Crippen molar-refractivity contribution in [2.75, 3.05) is 6.54 Å². The summed E-state index contributed by atoms with van der Waals surface area (Å²) in [7, 11) is 0. The maximum absolute atomic E-state index is 12.1. The normalized spacial score (nSPS) is 46.8. The highest BCUT2D eigenvalue weighted by Gasteiger charge is 2.48. The number of halogens is 1. The van der Waals surface area contributed by atoms with Gasteiger partial charge in [-0.2, -0.15) is 0 Å². The van der Waals surface area contributed by atoms with Crippen LogP contribution in [0.15, 0.2) is 0 Å². The summed E-state index contributed by atoms with van der Waals surface area (Å²) in [4.78, 5) is 24.2. The Labute approximate surface area is 120 Å². The van der Waals surface area contributed by atoms with E-state index in [0.29, 0.717) is 13.0 Å². The molecule has 0 saturated carbocycles. The number of fused-ring (bicyclic) bond motifs is 1. The van der Waals surface area contributed by atoms with Gasteiger partial charge in [-0.1, -0.05) is 15.9 Å². The Balaban J connectivity index is 1.83. The van der Waals surface area contributed by atoms with E-state index in [1.165, 1.54) is 0 Å². The summed E-state index contributed by atoms with van der Waals surface area (Å²) in [5.74, 6) is 0.575. The van der Waals surface area contributed by atoms with Gasteiger partial charge in [0.15, 0.2) is 5.78 Å². The molecule has 3 aliphatic heterocycles. The molecule has 0 bridgehead atoms. The van der Waals surface area contributed by atoms with Gasteiger partial charge in [0.05, 0.1) is 23.2 Å². The molecule has 7 heteroatoms. The van der Waals surface area contributed by atoms with E-state index in [0.717, 1.165) is 12.8 Å². The van der Waals surface area contributed by atoms with Gasteiger partial charge in [-0.3, -0.25) is 20.2 Å². The number of rotatable bonds is 1. The summed E-state index contributed by atoms with van der Waals surface area (Å²) in [6.45, 7) is 0.631. The minimum Gasteiger partial charge on any atom is -0.355 e. The van der Waals surface area contributed by atoms with Gasteiger partial charge in [-0.05, 0) is 24.7 Å². The summed E-state index contributed by atoms with van der Waals surface area (Å²) in [6, 6.07) is -0.405. The molecule has 6 unspecified atom stereocenters. The number of alkyl halides is 1. The second-order valence-electron chi connectivity index (χ2n) is 5.68. The Morgan fingerprint density at radius 2 is 1.95 bits per heavy atom. The van der Waals surface area contributed by atoms with Crippen LogP contribution in [0.3, 0.4) is 0 Å². The average molecular weight is 331 g/mol. The number of hydrogen-bond donors (Lipinski definition) is 4. The summed E-state index contributed by atoms with van der Waals surface area (Å²) in [5.41, 5.74) is 5.81. The third-order valence-corrected chi connectivity index (χ3v) is 5.10. The zero-order chi connectivity index (χ0) is 13.6. The lowest BCUT2D eigenvalue weighted by Crippen LogP contribution is -2.47. The van der Waals surface area contributed by atoms with Gasteiger partial charge in [0.25, 0.3) is 0 Å². The molecule has 0 radical (unpaired) electrons. The lowest BCUT2D eigenvalue weighted by Gasteiger charge is -2.28.